The SMILES string of the molecule is Cn1cc(C(=O)NC2CCN(C(=O)c3cc(Cc4ccccc4)ccc3O)CC2)cn1. The number of phenolic OH excluding ortho intramolecular Hbond substituents is 1. The third-order valence-corrected chi connectivity index (χ3v) is 5.63. The van der Waals surface area contributed by atoms with Crippen LogP contribution in [0, 0.1) is 0 Å². The minimum atomic E-state index is -0.176. The van der Waals surface area contributed by atoms with Gasteiger partial charge < -0.3 is 15.3 Å². The molecule has 1 fully saturated rings. The summed E-state index contributed by atoms with van der Waals surface area (Å²) in [7, 11) is 1.77. The van der Waals surface area contributed by atoms with Crippen LogP contribution in [-0.4, -0.2) is 50.7 Å². The average molecular weight is 418 g/mol. The summed E-state index contributed by atoms with van der Waals surface area (Å²) in [5.41, 5.74) is 2.98. The standard InChI is InChI=1S/C24H26N4O3/c1-27-16-19(15-25-27)23(30)26-20-9-11-28(12-10-20)24(31)21-14-18(7-8-22(21)29)13-17-5-3-2-4-6-17/h2-8,14-16,20,29H,9-13H2,1H3,(H,26,30). The van der Waals surface area contributed by atoms with E-state index in [9.17, 15) is 14.7 Å². The lowest BCUT2D eigenvalue weighted by Gasteiger charge is -2.32. The van der Waals surface area contributed by atoms with Crippen LogP contribution in [0.1, 0.15) is 44.7 Å². The van der Waals surface area contributed by atoms with Gasteiger partial charge >= 0.3 is 0 Å². The first-order chi connectivity index (χ1) is 15.0. The summed E-state index contributed by atoms with van der Waals surface area (Å²) in [5, 5.41) is 17.3. The highest BCUT2D eigenvalue weighted by atomic mass is 16.3. The molecule has 2 heterocycles. The van der Waals surface area contributed by atoms with Gasteiger partial charge in [-0.2, -0.15) is 5.10 Å². The van der Waals surface area contributed by atoms with Crippen LogP contribution >= 0.6 is 0 Å². The van der Waals surface area contributed by atoms with Crippen molar-refractivity contribution in [3.05, 3.63) is 83.2 Å². The number of carbonyl (C=O) groups is 2. The van der Waals surface area contributed by atoms with Crippen LogP contribution in [0.3, 0.4) is 0 Å². The molecule has 0 spiro atoms. The molecule has 7 heteroatoms. The first-order valence-corrected chi connectivity index (χ1v) is 10.4. The van der Waals surface area contributed by atoms with E-state index in [0.717, 1.165) is 11.1 Å². The smallest absolute Gasteiger partial charge is 0.257 e. The van der Waals surface area contributed by atoms with Crippen molar-refractivity contribution in [2.45, 2.75) is 25.3 Å². The number of nitrogens with zero attached hydrogens (tertiary/aromatic N) is 3. The molecule has 1 saturated heterocycles. The Kier molecular flexibility index (Phi) is 6.02. The number of aryl methyl sites for hydroxylation is 1. The molecule has 1 aliphatic rings. The Hall–Kier alpha value is -3.61. The number of carbonyl (C=O) groups excluding carboxylic acids is 2. The van der Waals surface area contributed by atoms with Gasteiger partial charge in [0.2, 0.25) is 0 Å². The van der Waals surface area contributed by atoms with Crippen LogP contribution in [0.4, 0.5) is 0 Å². The molecular formula is C24H26N4O3. The van der Waals surface area contributed by atoms with E-state index in [4.69, 9.17) is 0 Å². The van der Waals surface area contributed by atoms with Crippen molar-refractivity contribution in [2.24, 2.45) is 7.05 Å². The first kappa shape index (κ1) is 20.7. The van der Waals surface area contributed by atoms with Gasteiger partial charge in [-0.3, -0.25) is 14.3 Å². The summed E-state index contributed by atoms with van der Waals surface area (Å²) in [6, 6.07) is 15.2. The largest absolute Gasteiger partial charge is 0.507 e. The van der Waals surface area contributed by atoms with Gasteiger partial charge in [-0.25, -0.2) is 0 Å². The number of likely N-dealkylation sites (tertiary alicyclic amines) is 1. The third kappa shape index (κ3) is 4.94. The van der Waals surface area contributed by atoms with E-state index >= 15 is 0 Å². The highest BCUT2D eigenvalue weighted by Gasteiger charge is 2.26. The molecule has 2 amide bonds. The number of phenols is 1. The van der Waals surface area contributed by atoms with Gasteiger partial charge in [-0.05, 0) is 42.5 Å². The minimum Gasteiger partial charge on any atom is -0.507 e. The molecule has 1 aromatic heterocycles. The summed E-state index contributed by atoms with van der Waals surface area (Å²) < 4.78 is 1.59. The van der Waals surface area contributed by atoms with E-state index in [0.29, 0.717) is 43.5 Å². The van der Waals surface area contributed by atoms with E-state index in [1.807, 2.05) is 36.4 Å². The van der Waals surface area contributed by atoms with Crippen LogP contribution in [-0.2, 0) is 13.5 Å². The zero-order valence-electron chi connectivity index (χ0n) is 17.5. The lowest BCUT2D eigenvalue weighted by Crippen LogP contribution is -2.46. The molecule has 1 aliphatic heterocycles. The van der Waals surface area contributed by atoms with E-state index in [2.05, 4.69) is 10.4 Å². The number of piperidine rings is 1. The number of aromatic nitrogens is 2. The van der Waals surface area contributed by atoms with Crippen molar-refractivity contribution < 1.29 is 14.7 Å². The number of nitrogens with one attached hydrogen (secondary N) is 1. The summed E-state index contributed by atoms with van der Waals surface area (Å²) in [6.45, 7) is 1.05. The van der Waals surface area contributed by atoms with Crippen LogP contribution in [0.25, 0.3) is 0 Å². The fraction of sp³-hybridized carbons (Fsp3) is 0.292. The maximum atomic E-state index is 13.0. The molecule has 0 aliphatic carbocycles. The Labute approximate surface area is 181 Å². The molecule has 160 valence electrons. The lowest BCUT2D eigenvalue weighted by molar-refractivity contribution is 0.0695. The maximum absolute atomic E-state index is 13.0. The molecule has 0 bridgehead atoms. The van der Waals surface area contributed by atoms with Crippen molar-refractivity contribution >= 4 is 11.8 Å². The number of benzene rings is 2. The summed E-state index contributed by atoms with van der Waals surface area (Å²) in [4.78, 5) is 27.1. The lowest BCUT2D eigenvalue weighted by atomic mass is 10.00. The fourth-order valence-corrected chi connectivity index (χ4v) is 3.90. The van der Waals surface area contributed by atoms with Crippen molar-refractivity contribution in [3.8, 4) is 5.75 Å². The topological polar surface area (TPSA) is 87.5 Å². The quantitative estimate of drug-likeness (QED) is 0.667. The highest BCUT2D eigenvalue weighted by molar-refractivity contribution is 5.97. The second-order valence-electron chi connectivity index (χ2n) is 7.96. The van der Waals surface area contributed by atoms with Gasteiger partial charge in [0.05, 0.1) is 17.3 Å². The number of aromatic hydroxyl groups is 1. The molecule has 3 aromatic rings. The molecule has 0 atom stereocenters. The number of amides is 2. The van der Waals surface area contributed by atoms with Crippen molar-refractivity contribution in [3.63, 3.8) is 0 Å². The zero-order valence-corrected chi connectivity index (χ0v) is 17.5. The molecule has 31 heavy (non-hydrogen) atoms. The van der Waals surface area contributed by atoms with Crippen LogP contribution in [0.5, 0.6) is 5.75 Å². The molecule has 4 rings (SSSR count). The van der Waals surface area contributed by atoms with Gasteiger partial charge in [0.15, 0.2) is 0 Å². The molecule has 2 N–H and O–H groups in total. The molecule has 0 unspecified atom stereocenters. The predicted octanol–water partition coefficient (Wildman–Crippen LogP) is 2.75. The van der Waals surface area contributed by atoms with E-state index < -0.39 is 0 Å². The van der Waals surface area contributed by atoms with Crippen molar-refractivity contribution in [1.29, 1.82) is 0 Å². The highest BCUT2D eigenvalue weighted by Crippen LogP contribution is 2.24. The fourth-order valence-electron chi connectivity index (χ4n) is 3.90. The second kappa shape index (κ2) is 9.04. The summed E-state index contributed by atoms with van der Waals surface area (Å²) in [5.74, 6) is -0.331. The van der Waals surface area contributed by atoms with E-state index in [1.54, 1.807) is 41.2 Å². The average Bonchev–Trinajstić information content (AvgIpc) is 3.22. The third-order valence-electron chi connectivity index (χ3n) is 5.63. The monoisotopic (exact) mass is 418 g/mol. The second-order valence-corrected chi connectivity index (χ2v) is 7.96. The van der Waals surface area contributed by atoms with E-state index in [-0.39, 0.29) is 23.6 Å². The Morgan fingerprint density at radius 3 is 2.52 bits per heavy atom. The molecule has 0 saturated carbocycles. The Morgan fingerprint density at radius 1 is 1.10 bits per heavy atom. The van der Waals surface area contributed by atoms with Crippen LogP contribution < -0.4 is 5.32 Å². The number of rotatable bonds is 5. The molecule has 7 nitrogen and oxygen atoms in total. The van der Waals surface area contributed by atoms with Crippen LogP contribution in [0.15, 0.2) is 60.9 Å². The van der Waals surface area contributed by atoms with Gasteiger partial charge in [0, 0.05) is 32.4 Å². The predicted molar refractivity (Wildman–Crippen MR) is 117 cm³/mol. The Morgan fingerprint density at radius 2 is 1.84 bits per heavy atom. The first-order valence-electron chi connectivity index (χ1n) is 10.4. The molecular weight excluding hydrogens is 392 g/mol. The normalized spacial score (nSPS) is 14.4. The van der Waals surface area contributed by atoms with Crippen molar-refractivity contribution in [1.82, 2.24) is 20.0 Å². The number of hydrogen-bond acceptors (Lipinski definition) is 4. The van der Waals surface area contributed by atoms with Crippen LogP contribution in [0.2, 0.25) is 0 Å². The Balaban J connectivity index is 1.37. The van der Waals surface area contributed by atoms with Gasteiger partial charge in [-0.15, -0.1) is 0 Å². The minimum absolute atomic E-state index is 0.00573. The maximum Gasteiger partial charge on any atom is 0.257 e. The zero-order chi connectivity index (χ0) is 21.8. The van der Waals surface area contributed by atoms with E-state index in [1.165, 1.54) is 0 Å². The van der Waals surface area contributed by atoms with Gasteiger partial charge in [0.25, 0.3) is 11.8 Å². The van der Waals surface area contributed by atoms with Gasteiger partial charge in [0.1, 0.15) is 5.75 Å². The summed E-state index contributed by atoms with van der Waals surface area (Å²) in [6.07, 6.45) is 5.26. The Bertz CT molecular complexity index is 1070. The molecule has 0 radical (unpaired) electrons. The van der Waals surface area contributed by atoms with Crippen molar-refractivity contribution in [2.75, 3.05) is 13.1 Å². The molecule has 2 aromatic carbocycles. The summed E-state index contributed by atoms with van der Waals surface area (Å²) >= 11 is 0. The number of hydrogen-bond donors (Lipinski definition) is 2. The van der Waals surface area contributed by atoms with Gasteiger partial charge in [-0.1, -0.05) is 36.4 Å².